The molecular weight excluding hydrogens is 351 g/mol. The van der Waals surface area contributed by atoms with E-state index in [9.17, 15) is 18.8 Å². The maximum absolute atomic E-state index is 13.0. The second kappa shape index (κ2) is 8.83. The van der Waals surface area contributed by atoms with Crippen LogP contribution < -0.4 is 16.0 Å². The fourth-order valence-corrected chi connectivity index (χ4v) is 3.59. The number of halogens is 1. The molecule has 8 heteroatoms. The van der Waals surface area contributed by atoms with Crippen molar-refractivity contribution >= 4 is 23.5 Å². The van der Waals surface area contributed by atoms with E-state index < -0.39 is 17.8 Å². The summed E-state index contributed by atoms with van der Waals surface area (Å²) >= 11 is 0. The molecule has 0 aromatic heterocycles. The number of nitrogens with zero attached hydrogens (tertiary/aromatic N) is 1. The fourth-order valence-electron chi connectivity index (χ4n) is 3.59. The van der Waals surface area contributed by atoms with Gasteiger partial charge in [0.15, 0.2) is 0 Å². The highest BCUT2D eigenvalue weighted by Gasteiger charge is 2.35. The lowest BCUT2D eigenvalue weighted by Gasteiger charge is -2.36. The number of urea groups is 1. The Kier molecular flexibility index (Phi) is 6.26. The summed E-state index contributed by atoms with van der Waals surface area (Å²) in [5.41, 5.74) is 0.441. The molecule has 0 bridgehead atoms. The number of hydrogen-bond acceptors (Lipinski definition) is 3. The summed E-state index contributed by atoms with van der Waals surface area (Å²) in [6.45, 7) is 0.728. The van der Waals surface area contributed by atoms with Crippen molar-refractivity contribution in [1.29, 1.82) is 0 Å². The highest BCUT2D eigenvalue weighted by molar-refractivity contribution is 5.97. The average Bonchev–Trinajstić information content (AvgIpc) is 2.66. The molecule has 1 saturated carbocycles. The van der Waals surface area contributed by atoms with E-state index >= 15 is 0 Å². The Bertz CT molecular complexity index is 689. The van der Waals surface area contributed by atoms with Crippen LogP contribution in [0.15, 0.2) is 24.3 Å². The van der Waals surface area contributed by atoms with Crippen LogP contribution in [0.4, 0.5) is 14.9 Å². The van der Waals surface area contributed by atoms with E-state index in [1.165, 1.54) is 35.6 Å². The second-order valence-electron chi connectivity index (χ2n) is 7.04. The molecule has 1 aromatic carbocycles. The van der Waals surface area contributed by atoms with Crippen LogP contribution in [0.1, 0.15) is 38.5 Å². The van der Waals surface area contributed by atoms with Crippen LogP contribution in [0, 0.1) is 5.82 Å². The van der Waals surface area contributed by atoms with Gasteiger partial charge >= 0.3 is 6.03 Å². The van der Waals surface area contributed by atoms with Crippen LogP contribution >= 0.6 is 0 Å². The van der Waals surface area contributed by atoms with Crippen molar-refractivity contribution < 1.29 is 18.8 Å². The minimum absolute atomic E-state index is 0.130. The van der Waals surface area contributed by atoms with Crippen LogP contribution in [0.3, 0.4) is 0 Å². The summed E-state index contributed by atoms with van der Waals surface area (Å²) in [6.07, 6.45) is 5.11. The highest BCUT2D eigenvalue weighted by atomic mass is 19.1. The predicted octanol–water partition coefficient (Wildman–Crippen LogP) is 2.00. The Labute approximate surface area is 157 Å². The Balaban J connectivity index is 1.60. The van der Waals surface area contributed by atoms with Gasteiger partial charge in [-0.15, -0.1) is 0 Å². The fraction of sp³-hybridized carbons (Fsp3) is 0.526. The van der Waals surface area contributed by atoms with Gasteiger partial charge in [0.05, 0.1) is 6.42 Å². The molecule has 0 spiro atoms. The number of hydrogen-bond donors (Lipinski definition) is 3. The lowest BCUT2D eigenvalue weighted by molar-refractivity contribution is -0.131. The van der Waals surface area contributed by atoms with E-state index in [2.05, 4.69) is 16.0 Å². The smallest absolute Gasteiger partial charge is 0.318 e. The van der Waals surface area contributed by atoms with Crippen LogP contribution in [0.25, 0.3) is 0 Å². The normalized spacial score (nSPS) is 20.7. The van der Waals surface area contributed by atoms with Crippen LogP contribution in [0.2, 0.25) is 0 Å². The summed E-state index contributed by atoms with van der Waals surface area (Å²) in [7, 11) is 0. The molecule has 3 N–H and O–H groups in total. The first-order valence-electron chi connectivity index (χ1n) is 9.43. The van der Waals surface area contributed by atoms with E-state index in [1.807, 2.05) is 0 Å². The molecular formula is C19H25FN4O3. The first-order chi connectivity index (χ1) is 13.0. The van der Waals surface area contributed by atoms with Gasteiger partial charge in [-0.3, -0.25) is 9.59 Å². The number of anilines is 1. The zero-order chi connectivity index (χ0) is 19.2. The van der Waals surface area contributed by atoms with Crippen molar-refractivity contribution in [2.45, 2.75) is 50.6 Å². The molecule has 1 aromatic rings. The lowest BCUT2D eigenvalue weighted by atomic mass is 9.95. The maximum atomic E-state index is 13.0. The molecule has 1 aliphatic heterocycles. The van der Waals surface area contributed by atoms with Gasteiger partial charge in [0.1, 0.15) is 11.9 Å². The Hall–Kier alpha value is -2.64. The van der Waals surface area contributed by atoms with Crippen LogP contribution in [-0.4, -0.2) is 47.9 Å². The summed E-state index contributed by atoms with van der Waals surface area (Å²) in [5.74, 6) is -1.14. The molecule has 7 nitrogen and oxygen atoms in total. The quantitative estimate of drug-likeness (QED) is 0.751. The minimum atomic E-state index is -0.859. The third-order valence-corrected chi connectivity index (χ3v) is 5.03. The Morgan fingerprint density at radius 2 is 1.85 bits per heavy atom. The SMILES string of the molecule is O=C(CC1C(=O)NCCN1C(=O)NC1CCCCC1)Nc1ccc(F)cc1. The van der Waals surface area contributed by atoms with Crippen molar-refractivity contribution in [1.82, 2.24) is 15.5 Å². The third-order valence-electron chi connectivity index (χ3n) is 5.03. The van der Waals surface area contributed by atoms with Crippen molar-refractivity contribution in [3.63, 3.8) is 0 Å². The molecule has 4 amide bonds. The monoisotopic (exact) mass is 376 g/mol. The Morgan fingerprint density at radius 3 is 2.56 bits per heavy atom. The summed E-state index contributed by atoms with van der Waals surface area (Å²) < 4.78 is 13.0. The number of nitrogens with one attached hydrogen (secondary N) is 3. The molecule has 1 heterocycles. The molecule has 27 heavy (non-hydrogen) atoms. The standard InChI is InChI=1S/C19H25FN4O3/c20-13-6-8-15(9-7-13)22-17(25)12-16-18(26)21-10-11-24(16)19(27)23-14-4-2-1-3-5-14/h6-9,14,16H,1-5,10-12H2,(H,21,26)(H,22,25)(H,23,27). The molecule has 1 saturated heterocycles. The van der Waals surface area contributed by atoms with Gasteiger partial charge in [-0.1, -0.05) is 19.3 Å². The third kappa shape index (κ3) is 5.18. The molecule has 1 unspecified atom stereocenters. The predicted molar refractivity (Wildman–Crippen MR) is 98.6 cm³/mol. The van der Waals surface area contributed by atoms with Crippen LogP contribution in [-0.2, 0) is 9.59 Å². The van der Waals surface area contributed by atoms with Crippen molar-refractivity contribution in [3.05, 3.63) is 30.1 Å². The molecule has 0 radical (unpaired) electrons. The zero-order valence-corrected chi connectivity index (χ0v) is 15.2. The first-order valence-corrected chi connectivity index (χ1v) is 9.43. The zero-order valence-electron chi connectivity index (χ0n) is 15.2. The van der Waals surface area contributed by atoms with Gasteiger partial charge < -0.3 is 20.9 Å². The van der Waals surface area contributed by atoms with Crippen molar-refractivity contribution in [2.75, 3.05) is 18.4 Å². The van der Waals surface area contributed by atoms with Crippen molar-refractivity contribution in [2.24, 2.45) is 0 Å². The molecule has 3 rings (SSSR count). The number of piperazine rings is 1. The minimum Gasteiger partial charge on any atom is -0.353 e. The van der Waals surface area contributed by atoms with Crippen LogP contribution in [0.5, 0.6) is 0 Å². The topological polar surface area (TPSA) is 90.5 Å². The maximum Gasteiger partial charge on any atom is 0.318 e. The van der Waals surface area contributed by atoms with Gasteiger partial charge in [-0.25, -0.2) is 9.18 Å². The summed E-state index contributed by atoms with van der Waals surface area (Å²) in [5, 5.41) is 8.34. The van der Waals surface area contributed by atoms with E-state index in [-0.39, 0.29) is 24.4 Å². The van der Waals surface area contributed by atoms with E-state index in [1.54, 1.807) is 0 Å². The van der Waals surface area contributed by atoms with E-state index in [0.29, 0.717) is 18.8 Å². The first kappa shape index (κ1) is 19.1. The molecule has 1 aliphatic carbocycles. The molecule has 2 aliphatic rings. The van der Waals surface area contributed by atoms with Crippen molar-refractivity contribution in [3.8, 4) is 0 Å². The lowest BCUT2D eigenvalue weighted by Crippen LogP contribution is -2.61. The highest BCUT2D eigenvalue weighted by Crippen LogP contribution is 2.19. The van der Waals surface area contributed by atoms with Gasteiger partial charge in [-0.2, -0.15) is 0 Å². The largest absolute Gasteiger partial charge is 0.353 e. The molecule has 146 valence electrons. The molecule has 1 atom stereocenters. The second-order valence-corrected chi connectivity index (χ2v) is 7.04. The Morgan fingerprint density at radius 1 is 1.15 bits per heavy atom. The average molecular weight is 376 g/mol. The number of rotatable bonds is 4. The number of benzene rings is 1. The summed E-state index contributed by atoms with van der Waals surface area (Å²) in [4.78, 5) is 38.7. The number of amides is 4. The number of carbonyl (C=O) groups excluding carboxylic acids is 3. The number of carbonyl (C=O) groups is 3. The van der Waals surface area contributed by atoms with Gasteiger partial charge in [0.2, 0.25) is 11.8 Å². The van der Waals surface area contributed by atoms with Gasteiger partial charge in [0.25, 0.3) is 0 Å². The van der Waals surface area contributed by atoms with Gasteiger partial charge in [-0.05, 0) is 37.1 Å². The molecule has 2 fully saturated rings. The van der Waals surface area contributed by atoms with Gasteiger partial charge in [0, 0.05) is 24.8 Å². The van der Waals surface area contributed by atoms with E-state index in [0.717, 1.165) is 25.7 Å². The summed E-state index contributed by atoms with van der Waals surface area (Å²) in [6, 6.07) is 4.35. The van der Waals surface area contributed by atoms with E-state index in [4.69, 9.17) is 0 Å².